The predicted octanol–water partition coefficient (Wildman–Crippen LogP) is 5.23. The maximum absolute atomic E-state index is 12.3. The van der Waals surface area contributed by atoms with Crippen LogP contribution in [0.5, 0.6) is 0 Å². The Morgan fingerprint density at radius 1 is 1.10 bits per heavy atom. The van der Waals surface area contributed by atoms with Gasteiger partial charge in [0.05, 0.1) is 6.20 Å². The van der Waals surface area contributed by atoms with Crippen LogP contribution in [0.1, 0.15) is 36.9 Å². The number of anilines is 1. The molecule has 2 aromatic heterocycles. The maximum atomic E-state index is 12.3. The van der Waals surface area contributed by atoms with Gasteiger partial charge in [0.25, 0.3) is 0 Å². The first-order valence-electron chi connectivity index (χ1n) is 10.2. The fourth-order valence-electron chi connectivity index (χ4n) is 3.26. The molecule has 0 spiro atoms. The number of benzene rings is 2. The number of oxazole rings is 1. The normalized spacial score (nSPS) is 13.3. The number of nitrogens with zero attached hydrogens (tertiary/aromatic N) is 3. The van der Waals surface area contributed by atoms with Gasteiger partial charge in [-0.1, -0.05) is 11.6 Å². The molecule has 156 valence electrons. The predicted molar refractivity (Wildman–Crippen MR) is 118 cm³/mol. The lowest BCUT2D eigenvalue weighted by molar-refractivity contribution is -0.116. The molecular weight excluding hydrogens is 414 g/mol. The first kappa shape index (κ1) is 19.5. The number of aromatic nitrogens is 4. The van der Waals surface area contributed by atoms with Gasteiger partial charge in [0, 0.05) is 40.6 Å². The third-order valence-electron chi connectivity index (χ3n) is 5.14. The summed E-state index contributed by atoms with van der Waals surface area (Å²) in [6.07, 6.45) is 4.70. The molecule has 0 aliphatic heterocycles. The summed E-state index contributed by atoms with van der Waals surface area (Å²) in [4.78, 5) is 21.1. The van der Waals surface area contributed by atoms with E-state index in [0.717, 1.165) is 22.6 Å². The molecule has 1 saturated carbocycles. The van der Waals surface area contributed by atoms with Crippen LogP contribution in [-0.2, 0) is 11.2 Å². The van der Waals surface area contributed by atoms with Crippen molar-refractivity contribution >= 4 is 23.2 Å². The van der Waals surface area contributed by atoms with Gasteiger partial charge >= 0.3 is 0 Å². The maximum Gasteiger partial charge on any atom is 0.224 e. The fourth-order valence-corrected chi connectivity index (χ4v) is 3.39. The molecule has 0 atom stereocenters. The van der Waals surface area contributed by atoms with Crippen molar-refractivity contribution < 1.29 is 9.21 Å². The molecule has 31 heavy (non-hydrogen) atoms. The van der Waals surface area contributed by atoms with Gasteiger partial charge in [0.2, 0.25) is 5.91 Å². The summed E-state index contributed by atoms with van der Waals surface area (Å²) in [6, 6.07) is 14.8. The second-order valence-corrected chi connectivity index (χ2v) is 8.01. The molecule has 0 unspecified atom stereocenters. The fraction of sp³-hybridized carbons (Fsp3) is 0.217. The van der Waals surface area contributed by atoms with Gasteiger partial charge in [-0.15, -0.1) is 0 Å². The zero-order chi connectivity index (χ0) is 21.2. The van der Waals surface area contributed by atoms with Crippen LogP contribution in [0.4, 0.5) is 5.69 Å². The molecule has 1 aliphatic rings. The summed E-state index contributed by atoms with van der Waals surface area (Å²) >= 11 is 5.91. The molecule has 0 bridgehead atoms. The summed E-state index contributed by atoms with van der Waals surface area (Å²) in [5.41, 5.74) is 2.53. The van der Waals surface area contributed by atoms with Crippen LogP contribution >= 0.6 is 11.6 Å². The highest BCUT2D eigenvalue weighted by Crippen LogP contribution is 2.38. The highest BCUT2D eigenvalue weighted by molar-refractivity contribution is 6.30. The van der Waals surface area contributed by atoms with E-state index >= 15 is 0 Å². The molecule has 7 nitrogen and oxygen atoms in total. The molecule has 2 N–H and O–H groups in total. The van der Waals surface area contributed by atoms with Gasteiger partial charge in [-0.05, 0) is 61.4 Å². The lowest BCUT2D eigenvalue weighted by atomic mass is 10.2. The van der Waals surface area contributed by atoms with Gasteiger partial charge in [0.15, 0.2) is 17.5 Å². The minimum atomic E-state index is -0.104. The zero-order valence-electron chi connectivity index (χ0n) is 16.6. The summed E-state index contributed by atoms with van der Waals surface area (Å²) in [6.45, 7) is 0. The number of hydrogen-bond acceptors (Lipinski definition) is 5. The van der Waals surface area contributed by atoms with E-state index < -0.39 is 0 Å². The molecule has 2 heterocycles. The molecule has 0 radical (unpaired) electrons. The Hall–Kier alpha value is -3.45. The largest absolute Gasteiger partial charge is 0.441 e. The number of carbonyl (C=O) groups excluding carboxylic acids is 1. The third-order valence-corrected chi connectivity index (χ3v) is 5.39. The van der Waals surface area contributed by atoms with Crippen LogP contribution in [0.2, 0.25) is 5.02 Å². The van der Waals surface area contributed by atoms with E-state index in [-0.39, 0.29) is 12.3 Å². The average Bonchev–Trinajstić information content (AvgIpc) is 3.32. The molecule has 2 aromatic carbocycles. The summed E-state index contributed by atoms with van der Waals surface area (Å²) < 4.78 is 5.75. The first-order chi connectivity index (χ1) is 15.1. The average molecular weight is 434 g/mol. The second-order valence-electron chi connectivity index (χ2n) is 7.57. The highest BCUT2D eigenvalue weighted by Gasteiger charge is 2.27. The monoisotopic (exact) mass is 433 g/mol. The van der Waals surface area contributed by atoms with Crippen molar-refractivity contribution in [3.63, 3.8) is 0 Å². The lowest BCUT2D eigenvalue weighted by Gasteiger charge is -2.05. The van der Waals surface area contributed by atoms with E-state index in [9.17, 15) is 4.79 Å². The highest BCUT2D eigenvalue weighted by atomic mass is 35.5. The Kier molecular flexibility index (Phi) is 5.26. The summed E-state index contributed by atoms with van der Waals surface area (Å²) in [5.74, 6) is 3.24. The molecular formula is C23H20ClN5O2. The van der Waals surface area contributed by atoms with Crippen LogP contribution in [0, 0.1) is 0 Å². The van der Waals surface area contributed by atoms with Crippen molar-refractivity contribution in [2.75, 3.05) is 5.32 Å². The van der Waals surface area contributed by atoms with Crippen molar-refractivity contribution in [2.24, 2.45) is 0 Å². The van der Waals surface area contributed by atoms with Crippen molar-refractivity contribution in [1.82, 2.24) is 20.2 Å². The summed E-state index contributed by atoms with van der Waals surface area (Å²) in [7, 11) is 0. The SMILES string of the molecule is O=C(CCc1ncc(-c2ccc(Cl)cc2)o1)Nc1ccc(-c2n[nH]c(C3CC3)n2)cc1. The standard InChI is InChI=1S/C23H20ClN5O2/c24-17-7-3-14(4-8-17)19-13-25-21(31-19)12-11-20(30)26-18-9-5-16(6-10-18)23-27-22(28-29-23)15-1-2-15/h3-10,13,15H,1-2,11-12H2,(H,26,30)(H,27,28,29). The number of aryl methyl sites for hydroxylation is 1. The smallest absolute Gasteiger partial charge is 0.224 e. The Balaban J connectivity index is 1.15. The van der Waals surface area contributed by atoms with E-state index in [1.165, 1.54) is 12.8 Å². The zero-order valence-corrected chi connectivity index (χ0v) is 17.4. The quantitative estimate of drug-likeness (QED) is 0.416. The van der Waals surface area contributed by atoms with Crippen molar-refractivity contribution in [3.05, 3.63) is 71.5 Å². The van der Waals surface area contributed by atoms with Gasteiger partial charge < -0.3 is 9.73 Å². The van der Waals surface area contributed by atoms with Crippen LogP contribution in [-0.4, -0.2) is 26.1 Å². The molecule has 8 heteroatoms. The van der Waals surface area contributed by atoms with Gasteiger partial charge in [-0.2, -0.15) is 5.10 Å². The van der Waals surface area contributed by atoms with E-state index in [1.807, 2.05) is 36.4 Å². The van der Waals surface area contributed by atoms with Crippen molar-refractivity contribution in [2.45, 2.75) is 31.6 Å². The Morgan fingerprint density at radius 2 is 1.84 bits per heavy atom. The number of aromatic amines is 1. The minimum Gasteiger partial charge on any atom is -0.441 e. The number of nitrogens with one attached hydrogen (secondary N) is 2. The number of rotatable bonds is 7. The number of halogens is 1. The lowest BCUT2D eigenvalue weighted by Crippen LogP contribution is -2.12. The van der Waals surface area contributed by atoms with Gasteiger partial charge in [-0.25, -0.2) is 9.97 Å². The third kappa shape index (κ3) is 4.67. The number of H-pyrrole nitrogens is 1. The molecule has 1 aliphatic carbocycles. The van der Waals surface area contributed by atoms with E-state index in [4.69, 9.17) is 16.0 Å². The molecule has 1 amide bonds. The van der Waals surface area contributed by atoms with Crippen LogP contribution in [0.3, 0.4) is 0 Å². The number of hydrogen-bond donors (Lipinski definition) is 2. The van der Waals surface area contributed by atoms with E-state index in [1.54, 1.807) is 18.3 Å². The number of carbonyl (C=O) groups is 1. The van der Waals surface area contributed by atoms with Gasteiger partial charge in [0.1, 0.15) is 5.82 Å². The van der Waals surface area contributed by atoms with E-state index in [2.05, 4.69) is 25.5 Å². The molecule has 4 aromatic rings. The topological polar surface area (TPSA) is 96.7 Å². The van der Waals surface area contributed by atoms with Crippen LogP contribution in [0.15, 0.2) is 59.1 Å². The van der Waals surface area contributed by atoms with Crippen molar-refractivity contribution in [1.29, 1.82) is 0 Å². The minimum absolute atomic E-state index is 0.104. The Labute approximate surface area is 183 Å². The van der Waals surface area contributed by atoms with Crippen LogP contribution in [0.25, 0.3) is 22.7 Å². The first-order valence-corrected chi connectivity index (χ1v) is 10.5. The summed E-state index contributed by atoms with van der Waals surface area (Å²) in [5, 5.41) is 10.9. The molecule has 1 fully saturated rings. The van der Waals surface area contributed by atoms with E-state index in [0.29, 0.717) is 34.8 Å². The Morgan fingerprint density at radius 3 is 2.58 bits per heavy atom. The second kappa shape index (κ2) is 8.35. The Bertz CT molecular complexity index is 1190. The van der Waals surface area contributed by atoms with Crippen molar-refractivity contribution in [3.8, 4) is 22.7 Å². The molecule has 0 saturated heterocycles. The number of amides is 1. The molecule has 5 rings (SSSR count). The van der Waals surface area contributed by atoms with Gasteiger partial charge in [-0.3, -0.25) is 9.89 Å². The van der Waals surface area contributed by atoms with Crippen LogP contribution < -0.4 is 5.32 Å².